The minimum absolute atomic E-state index is 0.112. The van der Waals surface area contributed by atoms with Gasteiger partial charge in [0.25, 0.3) is 5.56 Å². The number of hydrogen-bond donors (Lipinski definition) is 0. The minimum atomic E-state index is -0.716. The molecule has 0 aliphatic carbocycles. The van der Waals surface area contributed by atoms with Crippen molar-refractivity contribution in [2.75, 3.05) is 13.1 Å². The third-order valence-electron chi connectivity index (χ3n) is 6.36. The summed E-state index contributed by atoms with van der Waals surface area (Å²) in [6, 6.07) is 5.64. The molecular formula is C26H27F2N5O3. The zero-order chi connectivity index (χ0) is 25.8. The molecule has 1 aliphatic heterocycles. The molecule has 10 heteroatoms. The molecule has 1 amide bonds. The number of likely N-dealkylation sites (tertiary alicyclic amines) is 1. The van der Waals surface area contributed by atoms with E-state index in [4.69, 9.17) is 4.74 Å². The summed E-state index contributed by atoms with van der Waals surface area (Å²) in [5, 5.41) is 4.57. The molecule has 3 heterocycles. The van der Waals surface area contributed by atoms with E-state index in [1.165, 1.54) is 27.7 Å². The van der Waals surface area contributed by atoms with Crippen molar-refractivity contribution in [1.82, 2.24) is 24.2 Å². The van der Waals surface area contributed by atoms with E-state index in [1.54, 1.807) is 30.3 Å². The van der Waals surface area contributed by atoms with Gasteiger partial charge in [-0.05, 0) is 69.0 Å². The molecule has 5 rings (SSSR count). The van der Waals surface area contributed by atoms with Crippen LogP contribution in [0.3, 0.4) is 0 Å². The Bertz CT molecular complexity index is 1550. The summed E-state index contributed by atoms with van der Waals surface area (Å²) >= 11 is 0. The molecule has 36 heavy (non-hydrogen) atoms. The fourth-order valence-corrected chi connectivity index (χ4v) is 4.67. The summed E-state index contributed by atoms with van der Waals surface area (Å²) < 4.78 is 38.2. The van der Waals surface area contributed by atoms with Crippen LogP contribution in [-0.2, 0) is 11.8 Å². The molecule has 1 aliphatic rings. The summed E-state index contributed by atoms with van der Waals surface area (Å²) in [5.41, 5.74) is 0.257. The quantitative estimate of drug-likeness (QED) is 0.399. The SMILES string of the molecule is Cn1cc2cc(-c3cc(F)c4c(=O)n(C5CCN(C(=O)OC(C)(C)C)CC5)cnc4c3)cc(F)c2n1. The van der Waals surface area contributed by atoms with Gasteiger partial charge in [-0.3, -0.25) is 14.0 Å². The van der Waals surface area contributed by atoms with E-state index in [2.05, 4.69) is 10.1 Å². The molecule has 0 radical (unpaired) electrons. The van der Waals surface area contributed by atoms with Crippen molar-refractivity contribution in [3.63, 3.8) is 0 Å². The van der Waals surface area contributed by atoms with Gasteiger partial charge in [-0.15, -0.1) is 0 Å². The Morgan fingerprint density at radius 2 is 1.72 bits per heavy atom. The number of rotatable bonds is 2. The molecule has 1 saturated heterocycles. The first-order valence-corrected chi connectivity index (χ1v) is 11.8. The largest absolute Gasteiger partial charge is 0.444 e. The molecule has 1 fully saturated rings. The molecular weight excluding hydrogens is 468 g/mol. The maximum atomic E-state index is 15.3. The van der Waals surface area contributed by atoms with Crippen molar-refractivity contribution >= 4 is 27.9 Å². The standard InChI is InChI=1S/C26H27F2N5O3/c1-26(2,3)36-25(35)32-7-5-18(6-8-32)33-14-29-21-12-16(10-19(27)22(21)24(33)34)15-9-17-13-31(4)30-23(17)20(28)11-15/h9-14,18H,5-8H2,1-4H3. The van der Waals surface area contributed by atoms with Crippen LogP contribution < -0.4 is 5.56 Å². The zero-order valence-electron chi connectivity index (χ0n) is 20.6. The van der Waals surface area contributed by atoms with E-state index >= 15 is 4.39 Å². The fourth-order valence-electron chi connectivity index (χ4n) is 4.67. The number of halogens is 2. The van der Waals surface area contributed by atoms with Gasteiger partial charge < -0.3 is 9.64 Å². The summed E-state index contributed by atoms with van der Waals surface area (Å²) in [7, 11) is 1.70. The van der Waals surface area contributed by atoms with Crippen molar-refractivity contribution in [2.45, 2.75) is 45.3 Å². The van der Waals surface area contributed by atoms with Crippen LogP contribution in [0.15, 0.2) is 41.6 Å². The Morgan fingerprint density at radius 3 is 2.42 bits per heavy atom. The summed E-state index contributed by atoms with van der Waals surface area (Å²) in [6.07, 6.45) is 3.77. The van der Waals surface area contributed by atoms with E-state index in [0.29, 0.717) is 42.4 Å². The lowest BCUT2D eigenvalue weighted by Crippen LogP contribution is -2.43. The van der Waals surface area contributed by atoms with Crippen molar-refractivity contribution in [1.29, 1.82) is 0 Å². The third kappa shape index (κ3) is 4.43. The van der Waals surface area contributed by atoms with E-state index < -0.39 is 22.8 Å². The molecule has 8 nitrogen and oxygen atoms in total. The number of nitrogens with zero attached hydrogens (tertiary/aromatic N) is 5. The highest BCUT2D eigenvalue weighted by Crippen LogP contribution is 2.30. The smallest absolute Gasteiger partial charge is 0.410 e. The number of fused-ring (bicyclic) bond motifs is 2. The predicted molar refractivity (Wildman–Crippen MR) is 132 cm³/mol. The zero-order valence-corrected chi connectivity index (χ0v) is 20.6. The van der Waals surface area contributed by atoms with Gasteiger partial charge in [0.2, 0.25) is 0 Å². The number of ether oxygens (including phenoxy) is 1. The average Bonchev–Trinajstić information content (AvgIpc) is 3.19. The van der Waals surface area contributed by atoms with Gasteiger partial charge in [-0.1, -0.05) is 0 Å². The fraction of sp³-hybridized carbons (Fsp3) is 0.385. The Labute approximate surface area is 206 Å². The van der Waals surface area contributed by atoms with E-state index in [9.17, 15) is 14.0 Å². The van der Waals surface area contributed by atoms with Crippen LogP contribution in [0.4, 0.5) is 13.6 Å². The molecule has 2 aromatic heterocycles. The number of amides is 1. The molecule has 0 spiro atoms. The van der Waals surface area contributed by atoms with Crippen molar-refractivity contribution < 1.29 is 18.3 Å². The van der Waals surface area contributed by atoms with Crippen LogP contribution in [-0.4, -0.2) is 49.0 Å². The summed E-state index contributed by atoms with van der Waals surface area (Å²) in [4.78, 5) is 31.6. The molecule has 188 valence electrons. The Kier molecular flexibility index (Phi) is 5.77. The van der Waals surface area contributed by atoms with Crippen molar-refractivity contribution in [3.05, 3.63) is 58.8 Å². The first-order valence-electron chi connectivity index (χ1n) is 11.8. The second kappa shape index (κ2) is 8.69. The molecule has 2 aromatic carbocycles. The number of aryl methyl sites for hydroxylation is 1. The number of aromatic nitrogens is 4. The third-order valence-corrected chi connectivity index (χ3v) is 6.36. The Morgan fingerprint density at radius 1 is 1.06 bits per heavy atom. The maximum absolute atomic E-state index is 15.3. The number of benzene rings is 2. The molecule has 0 atom stereocenters. The maximum Gasteiger partial charge on any atom is 0.410 e. The molecule has 4 aromatic rings. The molecule has 0 unspecified atom stereocenters. The minimum Gasteiger partial charge on any atom is -0.444 e. The number of piperidine rings is 1. The van der Waals surface area contributed by atoms with Gasteiger partial charge in [0.15, 0.2) is 5.82 Å². The van der Waals surface area contributed by atoms with Gasteiger partial charge in [0, 0.05) is 37.8 Å². The molecule has 0 bridgehead atoms. The van der Waals surface area contributed by atoms with E-state index in [-0.39, 0.29) is 28.6 Å². The van der Waals surface area contributed by atoms with Crippen LogP contribution in [0.1, 0.15) is 39.7 Å². The second-order valence-electron chi connectivity index (χ2n) is 10.2. The number of hydrogen-bond acceptors (Lipinski definition) is 5. The monoisotopic (exact) mass is 495 g/mol. The molecule has 0 saturated carbocycles. The first-order chi connectivity index (χ1) is 17.0. The highest BCUT2D eigenvalue weighted by atomic mass is 19.1. The average molecular weight is 496 g/mol. The van der Waals surface area contributed by atoms with E-state index in [1.807, 2.05) is 20.8 Å². The normalized spacial score (nSPS) is 15.1. The topological polar surface area (TPSA) is 82.2 Å². The lowest BCUT2D eigenvalue weighted by atomic mass is 10.0. The number of carbonyl (C=O) groups excluding carboxylic acids is 1. The summed E-state index contributed by atoms with van der Waals surface area (Å²) in [5.74, 6) is -1.23. The highest BCUT2D eigenvalue weighted by molar-refractivity contribution is 5.88. The lowest BCUT2D eigenvalue weighted by Gasteiger charge is -2.34. The van der Waals surface area contributed by atoms with Gasteiger partial charge >= 0.3 is 6.09 Å². The van der Waals surface area contributed by atoms with Crippen LogP contribution >= 0.6 is 0 Å². The second-order valence-corrected chi connectivity index (χ2v) is 10.2. The van der Waals surface area contributed by atoms with Gasteiger partial charge in [-0.25, -0.2) is 18.6 Å². The van der Waals surface area contributed by atoms with Crippen LogP contribution in [0.5, 0.6) is 0 Å². The van der Waals surface area contributed by atoms with Crippen LogP contribution in [0, 0.1) is 11.6 Å². The predicted octanol–water partition coefficient (Wildman–Crippen LogP) is 4.80. The van der Waals surface area contributed by atoms with Crippen LogP contribution in [0.2, 0.25) is 0 Å². The molecule has 0 N–H and O–H groups in total. The van der Waals surface area contributed by atoms with E-state index in [0.717, 1.165) is 0 Å². The lowest BCUT2D eigenvalue weighted by molar-refractivity contribution is 0.0187. The van der Waals surface area contributed by atoms with Crippen molar-refractivity contribution in [2.24, 2.45) is 7.05 Å². The number of carbonyl (C=O) groups is 1. The summed E-state index contributed by atoms with van der Waals surface area (Å²) in [6.45, 7) is 6.28. The van der Waals surface area contributed by atoms with Gasteiger partial charge in [-0.2, -0.15) is 5.10 Å². The Balaban J connectivity index is 1.43. The Hall–Kier alpha value is -3.82. The van der Waals surface area contributed by atoms with Gasteiger partial charge in [0.05, 0.1) is 11.8 Å². The highest BCUT2D eigenvalue weighted by Gasteiger charge is 2.28. The van der Waals surface area contributed by atoms with Crippen molar-refractivity contribution in [3.8, 4) is 11.1 Å². The first kappa shape index (κ1) is 23.9. The van der Waals surface area contributed by atoms with Crippen LogP contribution in [0.25, 0.3) is 32.9 Å². The van der Waals surface area contributed by atoms with Gasteiger partial charge in [0.1, 0.15) is 22.3 Å².